The third kappa shape index (κ3) is 1.75. The van der Waals surface area contributed by atoms with Gasteiger partial charge in [0.15, 0.2) is 0 Å². The molecule has 2 nitrogen and oxygen atoms in total. The maximum Gasteiger partial charge on any atom is 0.0405 e. The fraction of sp³-hybridized carbons (Fsp3) is 0.600. The lowest BCUT2D eigenvalue weighted by Gasteiger charge is -2.38. The second-order valence-corrected chi connectivity index (χ2v) is 6.17. The minimum atomic E-state index is -0.130. The van der Waals surface area contributed by atoms with Crippen LogP contribution in [0.3, 0.4) is 0 Å². The Labute approximate surface area is 104 Å². The van der Waals surface area contributed by atoms with E-state index in [4.69, 9.17) is 5.73 Å². The average molecular weight is 230 g/mol. The minimum absolute atomic E-state index is 0.130. The molecule has 2 aliphatic rings. The van der Waals surface area contributed by atoms with E-state index >= 15 is 0 Å². The normalized spacial score (nSPS) is 24.6. The zero-order valence-corrected chi connectivity index (χ0v) is 10.8. The molecule has 1 saturated carbocycles. The van der Waals surface area contributed by atoms with Crippen molar-refractivity contribution in [3.8, 4) is 0 Å². The van der Waals surface area contributed by atoms with Gasteiger partial charge in [-0.3, -0.25) is 0 Å². The van der Waals surface area contributed by atoms with Crippen LogP contribution in [0, 0.1) is 0 Å². The first-order chi connectivity index (χ1) is 8.07. The zero-order valence-electron chi connectivity index (χ0n) is 10.8. The van der Waals surface area contributed by atoms with Gasteiger partial charge in [0.1, 0.15) is 0 Å². The first-order valence-corrected chi connectivity index (χ1v) is 6.72. The van der Waals surface area contributed by atoms with E-state index < -0.39 is 0 Å². The lowest BCUT2D eigenvalue weighted by atomic mass is 9.84. The van der Waals surface area contributed by atoms with Crippen LogP contribution >= 0.6 is 0 Å². The summed E-state index contributed by atoms with van der Waals surface area (Å²) in [7, 11) is 0. The molecule has 2 heteroatoms. The molecule has 1 aliphatic carbocycles. The number of hydrogen-bond acceptors (Lipinski definition) is 2. The summed E-state index contributed by atoms with van der Waals surface area (Å²) in [6.07, 6.45) is 4.10. The van der Waals surface area contributed by atoms with Crippen molar-refractivity contribution in [2.75, 3.05) is 11.4 Å². The first-order valence-electron chi connectivity index (χ1n) is 6.72. The van der Waals surface area contributed by atoms with Crippen LogP contribution in [0.2, 0.25) is 0 Å². The molecule has 0 saturated heterocycles. The smallest absolute Gasteiger partial charge is 0.0405 e. The number of rotatable bonds is 2. The van der Waals surface area contributed by atoms with E-state index in [9.17, 15) is 0 Å². The van der Waals surface area contributed by atoms with E-state index in [2.05, 4.69) is 43.0 Å². The van der Waals surface area contributed by atoms with E-state index in [-0.39, 0.29) is 5.54 Å². The zero-order chi connectivity index (χ0) is 12.0. The number of anilines is 1. The van der Waals surface area contributed by atoms with Crippen LogP contribution in [-0.4, -0.2) is 18.1 Å². The van der Waals surface area contributed by atoms with E-state index in [1.54, 1.807) is 0 Å². The van der Waals surface area contributed by atoms with Gasteiger partial charge in [0, 0.05) is 29.7 Å². The number of nitrogens with zero attached hydrogens (tertiary/aromatic N) is 1. The van der Waals surface area contributed by atoms with E-state index in [0.29, 0.717) is 5.92 Å². The van der Waals surface area contributed by atoms with Crippen LogP contribution in [0.25, 0.3) is 0 Å². The van der Waals surface area contributed by atoms with Gasteiger partial charge in [0.05, 0.1) is 0 Å². The SMILES string of the molecule is CC(C)(N)C1CN(C2CCC2)c2ccccc21. The summed E-state index contributed by atoms with van der Waals surface area (Å²) < 4.78 is 0. The molecule has 1 atom stereocenters. The lowest BCUT2D eigenvalue weighted by Crippen LogP contribution is -2.45. The van der Waals surface area contributed by atoms with Gasteiger partial charge in [-0.2, -0.15) is 0 Å². The van der Waals surface area contributed by atoms with Crippen LogP contribution in [0.4, 0.5) is 5.69 Å². The van der Waals surface area contributed by atoms with Crippen molar-refractivity contribution in [1.82, 2.24) is 0 Å². The summed E-state index contributed by atoms with van der Waals surface area (Å²) in [4.78, 5) is 2.60. The highest BCUT2D eigenvalue weighted by Crippen LogP contribution is 2.44. The molecule has 1 unspecified atom stereocenters. The van der Waals surface area contributed by atoms with Gasteiger partial charge < -0.3 is 10.6 Å². The monoisotopic (exact) mass is 230 g/mol. The van der Waals surface area contributed by atoms with Crippen LogP contribution in [-0.2, 0) is 0 Å². The second kappa shape index (κ2) is 3.74. The van der Waals surface area contributed by atoms with E-state index in [0.717, 1.165) is 12.6 Å². The number of benzene rings is 1. The Morgan fingerprint density at radius 2 is 1.94 bits per heavy atom. The van der Waals surface area contributed by atoms with Gasteiger partial charge in [-0.05, 0) is 44.7 Å². The minimum Gasteiger partial charge on any atom is -0.368 e. The van der Waals surface area contributed by atoms with Crippen molar-refractivity contribution < 1.29 is 0 Å². The molecule has 1 fully saturated rings. The second-order valence-electron chi connectivity index (χ2n) is 6.17. The van der Waals surface area contributed by atoms with Crippen molar-refractivity contribution in [2.45, 2.75) is 50.6 Å². The predicted molar refractivity (Wildman–Crippen MR) is 72.4 cm³/mol. The first kappa shape index (κ1) is 11.1. The third-order valence-electron chi connectivity index (χ3n) is 4.41. The van der Waals surface area contributed by atoms with Crippen molar-refractivity contribution in [3.05, 3.63) is 29.8 Å². The molecule has 1 heterocycles. The summed E-state index contributed by atoms with van der Waals surface area (Å²) in [5, 5.41) is 0. The van der Waals surface area contributed by atoms with Crippen LogP contribution < -0.4 is 10.6 Å². The van der Waals surface area contributed by atoms with Gasteiger partial charge >= 0.3 is 0 Å². The molecule has 1 aromatic rings. The maximum atomic E-state index is 6.35. The summed E-state index contributed by atoms with van der Waals surface area (Å²) in [6, 6.07) is 9.58. The largest absolute Gasteiger partial charge is 0.368 e. The number of hydrogen-bond donors (Lipinski definition) is 1. The Morgan fingerprint density at radius 3 is 2.53 bits per heavy atom. The molecule has 0 aromatic heterocycles. The molecule has 0 radical (unpaired) electrons. The summed E-state index contributed by atoms with van der Waals surface area (Å²) >= 11 is 0. The lowest BCUT2D eigenvalue weighted by molar-refractivity contribution is 0.363. The highest BCUT2D eigenvalue weighted by molar-refractivity contribution is 5.62. The van der Waals surface area contributed by atoms with E-state index in [1.807, 2.05) is 0 Å². The van der Waals surface area contributed by atoms with Gasteiger partial charge in [-0.1, -0.05) is 18.2 Å². The van der Waals surface area contributed by atoms with Gasteiger partial charge in [0.25, 0.3) is 0 Å². The highest BCUT2D eigenvalue weighted by atomic mass is 15.2. The van der Waals surface area contributed by atoms with Crippen molar-refractivity contribution in [2.24, 2.45) is 5.73 Å². The Morgan fingerprint density at radius 1 is 1.24 bits per heavy atom. The highest BCUT2D eigenvalue weighted by Gasteiger charge is 2.40. The Balaban J connectivity index is 1.97. The Hall–Kier alpha value is -1.02. The number of para-hydroxylation sites is 1. The third-order valence-corrected chi connectivity index (χ3v) is 4.41. The van der Waals surface area contributed by atoms with E-state index in [1.165, 1.54) is 30.5 Å². The number of fused-ring (bicyclic) bond motifs is 1. The maximum absolute atomic E-state index is 6.35. The summed E-state index contributed by atoms with van der Waals surface area (Å²) in [6.45, 7) is 5.41. The Kier molecular flexibility index (Phi) is 2.44. The molecule has 2 N–H and O–H groups in total. The van der Waals surface area contributed by atoms with Crippen LogP contribution in [0.15, 0.2) is 24.3 Å². The number of nitrogens with two attached hydrogens (primary N) is 1. The molecule has 1 aromatic carbocycles. The van der Waals surface area contributed by atoms with Crippen LogP contribution in [0.1, 0.15) is 44.6 Å². The quantitative estimate of drug-likeness (QED) is 0.846. The molecular formula is C15H22N2. The standard InChI is InChI=1S/C15H22N2/c1-15(2,16)13-10-17(11-6-5-7-11)14-9-4-3-8-12(13)14/h3-4,8-9,11,13H,5-7,10,16H2,1-2H3. The fourth-order valence-electron chi connectivity index (χ4n) is 3.12. The molecule has 0 spiro atoms. The van der Waals surface area contributed by atoms with Gasteiger partial charge in [-0.25, -0.2) is 0 Å². The summed E-state index contributed by atoms with van der Waals surface area (Å²) in [5.74, 6) is 0.472. The van der Waals surface area contributed by atoms with Crippen LogP contribution in [0.5, 0.6) is 0 Å². The molecule has 0 amide bonds. The predicted octanol–water partition coefficient (Wildman–Crippen LogP) is 2.88. The molecule has 17 heavy (non-hydrogen) atoms. The molecule has 1 aliphatic heterocycles. The van der Waals surface area contributed by atoms with Crippen molar-refractivity contribution in [1.29, 1.82) is 0 Å². The summed E-state index contributed by atoms with van der Waals surface area (Å²) in [5.41, 5.74) is 9.10. The van der Waals surface area contributed by atoms with Gasteiger partial charge in [0.2, 0.25) is 0 Å². The Bertz CT molecular complexity index is 415. The molecule has 3 rings (SSSR count). The molecule has 92 valence electrons. The van der Waals surface area contributed by atoms with Crippen molar-refractivity contribution in [3.63, 3.8) is 0 Å². The van der Waals surface area contributed by atoms with Gasteiger partial charge in [-0.15, -0.1) is 0 Å². The fourth-order valence-corrected chi connectivity index (χ4v) is 3.12. The van der Waals surface area contributed by atoms with Crippen molar-refractivity contribution >= 4 is 5.69 Å². The molecular weight excluding hydrogens is 208 g/mol. The topological polar surface area (TPSA) is 29.3 Å². The average Bonchev–Trinajstić information content (AvgIpc) is 2.55. The molecule has 0 bridgehead atoms.